The van der Waals surface area contributed by atoms with E-state index < -0.39 is 0 Å². The zero-order valence-electron chi connectivity index (χ0n) is 10.6. The summed E-state index contributed by atoms with van der Waals surface area (Å²) in [6.07, 6.45) is 4.10. The maximum Gasteiger partial charge on any atom is 0.0589 e. The first kappa shape index (κ1) is 12.6. The molecule has 1 saturated carbocycles. The number of benzene rings is 1. The number of nitrogen functional groups attached to an aromatic ring is 1. The van der Waals surface area contributed by atoms with Crippen LogP contribution in [0.15, 0.2) is 18.2 Å². The average Bonchev–Trinajstić information content (AvgIpc) is 2.16. The second-order valence-electron chi connectivity index (χ2n) is 5.70. The van der Waals surface area contributed by atoms with Gasteiger partial charge in [-0.3, -0.25) is 0 Å². The predicted molar refractivity (Wildman–Crippen MR) is 75.5 cm³/mol. The molecule has 2 rings (SSSR count). The van der Waals surface area contributed by atoms with Crippen LogP contribution >= 0.6 is 11.6 Å². The number of hydrogen-bond donors (Lipinski definition) is 2. The molecule has 0 radical (unpaired) electrons. The predicted octanol–water partition coefficient (Wildman–Crippen LogP) is 4.16. The molecule has 0 bridgehead atoms. The zero-order valence-corrected chi connectivity index (χ0v) is 11.3. The standard InChI is InChI=1S/C14H21ClN2/c1-14(2,10-4-3-5-10)9-17-13-8-11(15)6-7-12(13)16/h6-8,10,17H,3-5,9,16H2,1-2H3. The lowest BCUT2D eigenvalue weighted by Gasteiger charge is -2.40. The van der Waals surface area contributed by atoms with Crippen molar-refractivity contribution >= 4 is 23.0 Å². The second kappa shape index (κ2) is 4.77. The summed E-state index contributed by atoms with van der Waals surface area (Å²) < 4.78 is 0. The summed E-state index contributed by atoms with van der Waals surface area (Å²) in [5.74, 6) is 0.843. The van der Waals surface area contributed by atoms with Gasteiger partial charge in [-0.1, -0.05) is 31.9 Å². The van der Waals surface area contributed by atoms with Gasteiger partial charge in [0.15, 0.2) is 0 Å². The second-order valence-corrected chi connectivity index (χ2v) is 6.14. The number of rotatable bonds is 4. The number of nitrogens with two attached hydrogens (primary N) is 1. The minimum Gasteiger partial charge on any atom is -0.397 e. The highest BCUT2D eigenvalue weighted by Crippen LogP contribution is 2.41. The number of hydrogen-bond acceptors (Lipinski definition) is 2. The smallest absolute Gasteiger partial charge is 0.0589 e. The van der Waals surface area contributed by atoms with Crippen LogP contribution in [0.1, 0.15) is 33.1 Å². The Morgan fingerprint density at radius 3 is 2.71 bits per heavy atom. The Bertz CT molecular complexity index is 397. The Hall–Kier alpha value is -0.890. The van der Waals surface area contributed by atoms with Crippen LogP contribution in [-0.2, 0) is 0 Å². The third-order valence-corrected chi connectivity index (χ3v) is 4.20. The zero-order chi connectivity index (χ0) is 12.5. The lowest BCUT2D eigenvalue weighted by Crippen LogP contribution is -2.35. The van der Waals surface area contributed by atoms with Gasteiger partial charge in [0.1, 0.15) is 0 Å². The molecule has 0 atom stereocenters. The van der Waals surface area contributed by atoms with E-state index in [1.54, 1.807) is 0 Å². The molecular formula is C14H21ClN2. The SMILES string of the molecule is CC(C)(CNc1cc(Cl)ccc1N)C1CCC1. The van der Waals surface area contributed by atoms with Gasteiger partial charge < -0.3 is 11.1 Å². The molecule has 1 fully saturated rings. The van der Waals surface area contributed by atoms with Crippen LogP contribution in [0.3, 0.4) is 0 Å². The monoisotopic (exact) mass is 252 g/mol. The first-order valence-corrected chi connectivity index (χ1v) is 6.66. The Labute approximate surface area is 109 Å². The summed E-state index contributed by atoms with van der Waals surface area (Å²) in [4.78, 5) is 0. The van der Waals surface area contributed by atoms with Crippen LogP contribution < -0.4 is 11.1 Å². The van der Waals surface area contributed by atoms with Crippen LogP contribution in [0.25, 0.3) is 0 Å². The molecule has 94 valence electrons. The molecule has 0 aromatic heterocycles. The lowest BCUT2D eigenvalue weighted by molar-refractivity contribution is 0.134. The maximum atomic E-state index is 5.97. The molecule has 1 aromatic carbocycles. The van der Waals surface area contributed by atoms with Crippen molar-refractivity contribution in [2.24, 2.45) is 11.3 Å². The summed E-state index contributed by atoms with van der Waals surface area (Å²) >= 11 is 5.97. The summed E-state index contributed by atoms with van der Waals surface area (Å²) in [6.45, 7) is 5.59. The topological polar surface area (TPSA) is 38.0 Å². The van der Waals surface area contributed by atoms with Crippen molar-refractivity contribution in [2.45, 2.75) is 33.1 Å². The molecule has 1 aliphatic carbocycles. The van der Waals surface area contributed by atoms with E-state index in [2.05, 4.69) is 19.2 Å². The van der Waals surface area contributed by atoms with Gasteiger partial charge in [-0.25, -0.2) is 0 Å². The minimum atomic E-state index is 0.326. The van der Waals surface area contributed by atoms with Crippen molar-refractivity contribution in [3.05, 3.63) is 23.2 Å². The van der Waals surface area contributed by atoms with Gasteiger partial charge in [-0.15, -0.1) is 0 Å². The van der Waals surface area contributed by atoms with Gasteiger partial charge in [0, 0.05) is 11.6 Å². The molecule has 3 N–H and O–H groups in total. The highest BCUT2D eigenvalue weighted by atomic mass is 35.5. The van der Waals surface area contributed by atoms with Gasteiger partial charge in [0.2, 0.25) is 0 Å². The number of nitrogens with one attached hydrogen (secondary N) is 1. The highest BCUT2D eigenvalue weighted by molar-refractivity contribution is 6.31. The number of halogens is 1. The molecule has 0 saturated heterocycles. The van der Waals surface area contributed by atoms with Crippen molar-refractivity contribution in [1.82, 2.24) is 0 Å². The van der Waals surface area contributed by atoms with E-state index in [9.17, 15) is 0 Å². The van der Waals surface area contributed by atoms with E-state index in [4.69, 9.17) is 17.3 Å². The van der Waals surface area contributed by atoms with Gasteiger partial charge >= 0.3 is 0 Å². The van der Waals surface area contributed by atoms with Gasteiger partial charge in [0.05, 0.1) is 11.4 Å². The quantitative estimate of drug-likeness (QED) is 0.790. The Morgan fingerprint density at radius 2 is 2.12 bits per heavy atom. The fourth-order valence-corrected chi connectivity index (χ4v) is 2.51. The largest absolute Gasteiger partial charge is 0.397 e. The Morgan fingerprint density at radius 1 is 1.41 bits per heavy atom. The van der Waals surface area contributed by atoms with Crippen LogP contribution in [0, 0.1) is 11.3 Å². The van der Waals surface area contributed by atoms with Gasteiger partial charge in [-0.2, -0.15) is 0 Å². The van der Waals surface area contributed by atoms with Crippen molar-refractivity contribution in [3.8, 4) is 0 Å². The van der Waals surface area contributed by atoms with Crippen LogP contribution in [0.2, 0.25) is 5.02 Å². The number of anilines is 2. The molecule has 2 nitrogen and oxygen atoms in total. The lowest BCUT2D eigenvalue weighted by atomic mass is 9.67. The van der Waals surface area contributed by atoms with Crippen LogP contribution in [0.4, 0.5) is 11.4 Å². The summed E-state index contributed by atoms with van der Waals surface area (Å²) in [5, 5.41) is 4.16. The van der Waals surface area contributed by atoms with Crippen molar-refractivity contribution in [3.63, 3.8) is 0 Å². The third-order valence-electron chi connectivity index (χ3n) is 3.96. The normalized spacial score (nSPS) is 16.6. The molecule has 3 heteroatoms. The van der Waals surface area contributed by atoms with Crippen molar-refractivity contribution < 1.29 is 0 Å². The molecule has 0 heterocycles. The van der Waals surface area contributed by atoms with E-state index in [1.165, 1.54) is 19.3 Å². The van der Waals surface area contributed by atoms with Gasteiger partial charge in [0.25, 0.3) is 0 Å². The maximum absolute atomic E-state index is 5.97. The minimum absolute atomic E-state index is 0.326. The van der Waals surface area contributed by atoms with E-state index in [0.29, 0.717) is 5.41 Å². The molecule has 0 aliphatic heterocycles. The fourth-order valence-electron chi connectivity index (χ4n) is 2.34. The average molecular weight is 253 g/mol. The van der Waals surface area contributed by atoms with E-state index in [0.717, 1.165) is 28.9 Å². The van der Waals surface area contributed by atoms with Crippen LogP contribution in [-0.4, -0.2) is 6.54 Å². The molecule has 0 unspecified atom stereocenters. The highest BCUT2D eigenvalue weighted by Gasteiger charge is 2.33. The first-order chi connectivity index (χ1) is 7.99. The Kier molecular flexibility index (Phi) is 3.53. The van der Waals surface area contributed by atoms with E-state index in [1.807, 2.05) is 18.2 Å². The van der Waals surface area contributed by atoms with Crippen LogP contribution in [0.5, 0.6) is 0 Å². The molecular weight excluding hydrogens is 232 g/mol. The van der Waals surface area contributed by atoms with Gasteiger partial charge in [-0.05, 0) is 42.4 Å². The Balaban J connectivity index is 1.99. The van der Waals surface area contributed by atoms with Crippen molar-refractivity contribution in [1.29, 1.82) is 0 Å². The molecule has 1 aliphatic rings. The first-order valence-electron chi connectivity index (χ1n) is 6.28. The summed E-state index contributed by atoms with van der Waals surface area (Å²) in [7, 11) is 0. The van der Waals surface area contributed by atoms with Crippen molar-refractivity contribution in [2.75, 3.05) is 17.6 Å². The summed E-state index contributed by atoms with van der Waals surface area (Å²) in [6, 6.07) is 5.56. The molecule has 17 heavy (non-hydrogen) atoms. The van der Waals surface area contributed by atoms with E-state index >= 15 is 0 Å². The van der Waals surface area contributed by atoms with E-state index in [-0.39, 0.29) is 0 Å². The fraction of sp³-hybridized carbons (Fsp3) is 0.571. The molecule has 1 aromatic rings. The third kappa shape index (κ3) is 2.86. The molecule has 0 spiro atoms. The molecule has 0 amide bonds. The summed E-state index contributed by atoms with van der Waals surface area (Å²) in [5.41, 5.74) is 7.96.